The van der Waals surface area contributed by atoms with Gasteiger partial charge in [-0.1, -0.05) is 82.8 Å². The Labute approximate surface area is 308 Å². The Kier molecular flexibility index (Phi) is 10.6. The quantitative estimate of drug-likeness (QED) is 0.154. The van der Waals surface area contributed by atoms with Gasteiger partial charge in [0.15, 0.2) is 12.0 Å². The highest BCUT2D eigenvalue weighted by Crippen LogP contribution is 2.50. The zero-order valence-corrected chi connectivity index (χ0v) is 30.0. The highest BCUT2D eigenvalue weighted by Gasteiger charge is 2.59. The summed E-state index contributed by atoms with van der Waals surface area (Å²) in [6.45, 7) is -0.0326. The van der Waals surface area contributed by atoms with Crippen molar-refractivity contribution in [3.63, 3.8) is 0 Å². The SMILES string of the molecule is COc1cc(Cl)c(C(OC[C@H]2O[C@@H](n3ccc(=O)n(COCc4ccccc4)c3=O)[C@@H]3OC4(CCCC4)O[C@@H]32)c2ccc(Cl)cc2Cl)c(Cl)c1. The van der Waals surface area contributed by atoms with E-state index < -0.39 is 47.7 Å². The molecule has 7 rings (SSSR count). The van der Waals surface area contributed by atoms with Crippen molar-refractivity contribution in [2.75, 3.05) is 13.7 Å². The molecular formula is C36H34Cl4N2O8. The second-order valence-electron chi connectivity index (χ2n) is 12.5. The summed E-state index contributed by atoms with van der Waals surface area (Å²) in [6, 6.07) is 19.1. The number of fused-ring (bicyclic) bond motifs is 1. The number of halogens is 4. The number of methoxy groups -OCH3 is 1. The lowest BCUT2D eigenvalue weighted by Crippen LogP contribution is -2.43. The van der Waals surface area contributed by atoms with Gasteiger partial charge in [0.2, 0.25) is 0 Å². The Morgan fingerprint density at radius 1 is 0.900 bits per heavy atom. The van der Waals surface area contributed by atoms with Crippen LogP contribution in [0.3, 0.4) is 0 Å². The Hall–Kier alpha value is -2.90. The van der Waals surface area contributed by atoms with E-state index in [0.29, 0.717) is 49.8 Å². The van der Waals surface area contributed by atoms with Crippen LogP contribution in [-0.4, -0.2) is 46.9 Å². The van der Waals surface area contributed by atoms with E-state index in [0.717, 1.165) is 23.0 Å². The lowest BCUT2D eigenvalue weighted by Gasteiger charge is -2.29. The second kappa shape index (κ2) is 15.0. The van der Waals surface area contributed by atoms with E-state index in [1.807, 2.05) is 30.3 Å². The molecule has 3 aromatic carbocycles. The third-order valence-corrected chi connectivity index (χ3v) is 10.5. The van der Waals surface area contributed by atoms with Crippen molar-refractivity contribution in [2.24, 2.45) is 0 Å². The third kappa shape index (κ3) is 7.11. The minimum absolute atomic E-state index is 0.0198. The first-order valence-electron chi connectivity index (χ1n) is 16.2. The van der Waals surface area contributed by atoms with E-state index in [1.165, 1.54) is 23.9 Å². The van der Waals surface area contributed by atoms with Crippen LogP contribution in [0.2, 0.25) is 20.1 Å². The molecule has 3 fully saturated rings. The summed E-state index contributed by atoms with van der Waals surface area (Å²) in [5.41, 5.74) is 0.857. The van der Waals surface area contributed by atoms with Crippen LogP contribution < -0.4 is 16.0 Å². The van der Waals surface area contributed by atoms with Gasteiger partial charge in [-0.3, -0.25) is 9.36 Å². The molecule has 2 saturated heterocycles. The molecule has 14 heteroatoms. The number of benzene rings is 3. The van der Waals surface area contributed by atoms with Crippen LogP contribution in [0.4, 0.5) is 0 Å². The lowest BCUT2D eigenvalue weighted by molar-refractivity contribution is -0.218. The van der Waals surface area contributed by atoms with Crippen LogP contribution in [0.25, 0.3) is 0 Å². The Morgan fingerprint density at radius 2 is 1.62 bits per heavy atom. The topological polar surface area (TPSA) is 99.4 Å². The normalized spacial score (nSPS) is 23.0. The highest BCUT2D eigenvalue weighted by atomic mass is 35.5. The van der Waals surface area contributed by atoms with E-state index in [-0.39, 0.29) is 19.9 Å². The molecule has 1 aliphatic carbocycles. The second-order valence-corrected chi connectivity index (χ2v) is 14.1. The zero-order chi connectivity index (χ0) is 35.0. The molecule has 1 aromatic heterocycles. The van der Waals surface area contributed by atoms with Crippen molar-refractivity contribution in [1.29, 1.82) is 0 Å². The van der Waals surface area contributed by atoms with Gasteiger partial charge in [-0.05, 0) is 42.7 Å². The standard InChI is InChI=1S/C36H34Cl4N2O8/c1-45-23-16-26(39)30(27(40)17-23)31(24-10-9-22(37)15-25(24)38)47-19-28-32-33(50-36(49-32)12-5-6-13-36)34(48-28)41-14-11-29(43)42(35(41)44)20-46-18-21-7-3-2-4-8-21/h2-4,7-11,14-17,28,31-34H,5-6,12-13,18-20H2,1H3/t28-,31?,32-,33-,34-/m1/s1. The van der Waals surface area contributed by atoms with Crippen LogP contribution >= 0.6 is 46.4 Å². The number of hydrogen-bond acceptors (Lipinski definition) is 8. The fourth-order valence-electron chi connectivity index (χ4n) is 6.84. The number of nitrogens with zero attached hydrogens (tertiary/aromatic N) is 2. The van der Waals surface area contributed by atoms with Gasteiger partial charge in [0.25, 0.3) is 5.56 Å². The van der Waals surface area contributed by atoms with Gasteiger partial charge < -0.3 is 28.4 Å². The maximum absolute atomic E-state index is 13.8. The molecule has 5 atom stereocenters. The van der Waals surface area contributed by atoms with E-state index in [4.69, 9.17) is 74.8 Å². The van der Waals surface area contributed by atoms with Gasteiger partial charge in [-0.2, -0.15) is 0 Å². The molecule has 3 aliphatic rings. The molecule has 3 heterocycles. The number of aromatic nitrogens is 2. The van der Waals surface area contributed by atoms with Crippen LogP contribution in [0, 0.1) is 0 Å². The number of rotatable bonds is 11. The molecule has 264 valence electrons. The average Bonchev–Trinajstić information content (AvgIpc) is 3.80. The number of ether oxygens (including phenoxy) is 6. The molecule has 1 unspecified atom stereocenters. The van der Waals surface area contributed by atoms with E-state index >= 15 is 0 Å². The summed E-state index contributed by atoms with van der Waals surface area (Å²) in [5.74, 6) is -0.321. The highest BCUT2D eigenvalue weighted by molar-refractivity contribution is 6.37. The maximum atomic E-state index is 13.8. The Morgan fingerprint density at radius 3 is 2.32 bits per heavy atom. The monoisotopic (exact) mass is 762 g/mol. The van der Waals surface area contributed by atoms with Gasteiger partial charge in [0, 0.05) is 46.3 Å². The van der Waals surface area contributed by atoms with Crippen LogP contribution in [0.5, 0.6) is 5.75 Å². The average molecular weight is 764 g/mol. The molecule has 2 aliphatic heterocycles. The van der Waals surface area contributed by atoms with Gasteiger partial charge in [0.05, 0.1) is 30.4 Å². The fraction of sp³-hybridized carbons (Fsp3) is 0.389. The van der Waals surface area contributed by atoms with Crippen molar-refractivity contribution in [3.8, 4) is 5.75 Å². The van der Waals surface area contributed by atoms with Crippen molar-refractivity contribution in [1.82, 2.24) is 9.13 Å². The first-order chi connectivity index (χ1) is 24.2. The predicted molar refractivity (Wildman–Crippen MR) is 188 cm³/mol. The molecule has 4 aromatic rings. The minimum atomic E-state index is -0.923. The largest absolute Gasteiger partial charge is 0.497 e. The third-order valence-electron chi connectivity index (χ3n) is 9.28. The predicted octanol–water partition coefficient (Wildman–Crippen LogP) is 7.56. The lowest BCUT2D eigenvalue weighted by atomic mass is 10.0. The molecule has 0 amide bonds. The zero-order valence-electron chi connectivity index (χ0n) is 26.9. The van der Waals surface area contributed by atoms with Crippen LogP contribution in [0.15, 0.2) is 82.5 Å². The summed E-state index contributed by atoms with van der Waals surface area (Å²) in [7, 11) is 1.52. The smallest absolute Gasteiger partial charge is 0.335 e. The Bertz CT molecular complexity index is 1940. The minimum Gasteiger partial charge on any atom is -0.497 e. The molecule has 1 spiro atoms. The summed E-state index contributed by atoms with van der Waals surface area (Å²) in [4.78, 5) is 26.7. The maximum Gasteiger partial charge on any atom is 0.335 e. The van der Waals surface area contributed by atoms with E-state index in [1.54, 1.807) is 30.3 Å². The first kappa shape index (κ1) is 35.5. The van der Waals surface area contributed by atoms with Crippen molar-refractivity contribution < 1.29 is 28.4 Å². The van der Waals surface area contributed by atoms with Crippen LogP contribution in [-0.2, 0) is 37.0 Å². The molecule has 0 bridgehead atoms. The number of hydrogen-bond donors (Lipinski definition) is 0. The molecule has 10 nitrogen and oxygen atoms in total. The molecule has 1 saturated carbocycles. The molecule has 0 N–H and O–H groups in total. The van der Waals surface area contributed by atoms with Gasteiger partial charge in [-0.25, -0.2) is 9.36 Å². The van der Waals surface area contributed by atoms with E-state index in [9.17, 15) is 9.59 Å². The Balaban J connectivity index is 1.18. The van der Waals surface area contributed by atoms with Gasteiger partial charge in [-0.15, -0.1) is 0 Å². The van der Waals surface area contributed by atoms with E-state index in [2.05, 4.69) is 0 Å². The fourth-order valence-corrected chi connectivity index (χ4v) is 8.02. The van der Waals surface area contributed by atoms with Crippen molar-refractivity contribution >= 4 is 46.4 Å². The summed E-state index contributed by atoms with van der Waals surface area (Å²) in [5, 5.41) is 1.41. The summed E-state index contributed by atoms with van der Waals surface area (Å²) >= 11 is 26.5. The molecular weight excluding hydrogens is 730 g/mol. The summed E-state index contributed by atoms with van der Waals surface area (Å²) in [6.07, 6.45) is 1.00. The van der Waals surface area contributed by atoms with Crippen molar-refractivity contribution in [2.45, 2.75) is 75.5 Å². The molecule has 50 heavy (non-hydrogen) atoms. The molecule has 0 radical (unpaired) electrons. The van der Waals surface area contributed by atoms with Gasteiger partial charge in [0.1, 0.15) is 36.9 Å². The summed E-state index contributed by atoms with van der Waals surface area (Å²) < 4.78 is 39.8. The first-order valence-corrected chi connectivity index (χ1v) is 17.7. The van der Waals surface area contributed by atoms with Crippen molar-refractivity contribution in [3.05, 3.63) is 131 Å². The van der Waals surface area contributed by atoms with Gasteiger partial charge >= 0.3 is 5.69 Å². The van der Waals surface area contributed by atoms with Crippen LogP contribution in [0.1, 0.15) is 54.7 Å².